The SMILES string of the molecule is CCN(C(=O)NC1CCCCC1)C(c1ccccc1)c1ccccc1. The van der Waals surface area contributed by atoms with Crippen molar-refractivity contribution in [2.45, 2.75) is 51.1 Å². The second-order valence-electron chi connectivity index (χ2n) is 6.79. The van der Waals surface area contributed by atoms with E-state index < -0.39 is 0 Å². The number of amides is 2. The monoisotopic (exact) mass is 336 g/mol. The van der Waals surface area contributed by atoms with E-state index >= 15 is 0 Å². The highest BCUT2D eigenvalue weighted by molar-refractivity contribution is 5.75. The van der Waals surface area contributed by atoms with Crippen molar-refractivity contribution in [1.29, 1.82) is 0 Å². The van der Waals surface area contributed by atoms with Crippen molar-refractivity contribution < 1.29 is 4.79 Å². The zero-order valence-corrected chi connectivity index (χ0v) is 15.0. The molecule has 0 aliphatic heterocycles. The molecule has 0 aromatic heterocycles. The van der Waals surface area contributed by atoms with Crippen LogP contribution in [-0.2, 0) is 0 Å². The van der Waals surface area contributed by atoms with Crippen molar-refractivity contribution in [3.05, 3.63) is 71.8 Å². The fourth-order valence-corrected chi connectivity index (χ4v) is 3.77. The molecular formula is C22H28N2O. The van der Waals surface area contributed by atoms with Crippen LogP contribution in [0.4, 0.5) is 4.79 Å². The number of benzene rings is 2. The van der Waals surface area contributed by atoms with Gasteiger partial charge in [-0.25, -0.2) is 4.79 Å². The lowest BCUT2D eigenvalue weighted by atomic mass is 9.95. The first-order chi connectivity index (χ1) is 12.3. The predicted octanol–water partition coefficient (Wildman–Crippen LogP) is 5.14. The standard InChI is InChI=1S/C22H28N2O/c1-2-24(22(25)23-20-16-10-5-11-17-20)21(18-12-6-3-7-13-18)19-14-8-4-9-15-19/h3-4,6-9,12-15,20-21H,2,5,10-11,16-17H2,1H3,(H,23,25). The summed E-state index contributed by atoms with van der Waals surface area (Å²) in [6.45, 7) is 2.73. The molecule has 0 radical (unpaired) electrons. The van der Waals surface area contributed by atoms with Gasteiger partial charge in [0.1, 0.15) is 0 Å². The Labute approximate surface area is 151 Å². The Morgan fingerprint density at radius 1 is 0.960 bits per heavy atom. The van der Waals surface area contributed by atoms with Crippen LogP contribution in [0, 0.1) is 0 Å². The van der Waals surface area contributed by atoms with E-state index in [4.69, 9.17) is 0 Å². The molecule has 3 rings (SSSR count). The highest BCUT2D eigenvalue weighted by atomic mass is 16.2. The van der Waals surface area contributed by atoms with Gasteiger partial charge in [0.05, 0.1) is 6.04 Å². The van der Waals surface area contributed by atoms with Gasteiger partial charge in [-0.2, -0.15) is 0 Å². The summed E-state index contributed by atoms with van der Waals surface area (Å²) in [5.41, 5.74) is 2.30. The van der Waals surface area contributed by atoms with E-state index in [-0.39, 0.29) is 12.1 Å². The molecule has 0 unspecified atom stereocenters. The molecule has 1 N–H and O–H groups in total. The summed E-state index contributed by atoms with van der Waals surface area (Å²) in [5, 5.41) is 3.28. The maximum absolute atomic E-state index is 13.0. The zero-order valence-electron chi connectivity index (χ0n) is 15.0. The molecule has 2 amide bonds. The maximum Gasteiger partial charge on any atom is 0.318 e. The summed E-state index contributed by atoms with van der Waals surface area (Å²) in [5.74, 6) is 0. The number of nitrogens with zero attached hydrogens (tertiary/aromatic N) is 1. The van der Waals surface area contributed by atoms with Gasteiger partial charge in [-0.15, -0.1) is 0 Å². The molecule has 0 heterocycles. The summed E-state index contributed by atoms with van der Waals surface area (Å²) < 4.78 is 0. The quantitative estimate of drug-likeness (QED) is 0.805. The predicted molar refractivity (Wildman–Crippen MR) is 103 cm³/mol. The number of hydrogen-bond donors (Lipinski definition) is 1. The summed E-state index contributed by atoms with van der Waals surface area (Å²) in [6, 6.07) is 20.9. The third kappa shape index (κ3) is 4.41. The van der Waals surface area contributed by atoms with Gasteiger partial charge in [0.2, 0.25) is 0 Å². The van der Waals surface area contributed by atoms with Gasteiger partial charge in [-0.05, 0) is 30.9 Å². The molecule has 1 aliphatic rings. The summed E-state index contributed by atoms with van der Waals surface area (Å²) >= 11 is 0. The number of urea groups is 1. The van der Waals surface area contributed by atoms with Crippen LogP contribution in [0.3, 0.4) is 0 Å². The van der Waals surface area contributed by atoms with Crippen LogP contribution in [0.5, 0.6) is 0 Å². The fourth-order valence-electron chi connectivity index (χ4n) is 3.77. The van der Waals surface area contributed by atoms with E-state index in [9.17, 15) is 4.79 Å². The van der Waals surface area contributed by atoms with Crippen LogP contribution in [-0.4, -0.2) is 23.5 Å². The third-order valence-corrected chi connectivity index (χ3v) is 5.08. The summed E-state index contributed by atoms with van der Waals surface area (Å²) in [7, 11) is 0. The van der Waals surface area contributed by atoms with Crippen molar-refractivity contribution in [2.75, 3.05) is 6.54 Å². The lowest BCUT2D eigenvalue weighted by Crippen LogP contribution is -2.47. The van der Waals surface area contributed by atoms with E-state index in [1.165, 1.54) is 19.3 Å². The lowest BCUT2D eigenvalue weighted by molar-refractivity contribution is 0.180. The van der Waals surface area contributed by atoms with Gasteiger partial charge in [0.25, 0.3) is 0 Å². The van der Waals surface area contributed by atoms with Crippen LogP contribution < -0.4 is 5.32 Å². The highest BCUT2D eigenvalue weighted by Gasteiger charge is 2.27. The Hall–Kier alpha value is -2.29. The Morgan fingerprint density at radius 2 is 1.48 bits per heavy atom. The van der Waals surface area contributed by atoms with Gasteiger partial charge >= 0.3 is 6.03 Å². The molecule has 0 saturated heterocycles. The first kappa shape index (κ1) is 17.5. The molecule has 1 aliphatic carbocycles. The van der Waals surface area contributed by atoms with E-state index in [1.807, 2.05) is 41.3 Å². The first-order valence-electron chi connectivity index (χ1n) is 9.46. The Morgan fingerprint density at radius 3 is 1.96 bits per heavy atom. The summed E-state index contributed by atoms with van der Waals surface area (Å²) in [4.78, 5) is 15.0. The molecule has 3 nitrogen and oxygen atoms in total. The Bertz CT molecular complexity index is 611. The van der Waals surface area contributed by atoms with Crippen LogP contribution in [0.2, 0.25) is 0 Å². The van der Waals surface area contributed by atoms with Crippen molar-refractivity contribution in [1.82, 2.24) is 10.2 Å². The molecular weight excluding hydrogens is 308 g/mol. The van der Waals surface area contributed by atoms with Crippen molar-refractivity contribution in [3.8, 4) is 0 Å². The number of rotatable bonds is 5. The second-order valence-corrected chi connectivity index (χ2v) is 6.79. The molecule has 1 saturated carbocycles. The van der Waals surface area contributed by atoms with Crippen LogP contribution in [0.25, 0.3) is 0 Å². The molecule has 2 aromatic rings. The average molecular weight is 336 g/mol. The minimum Gasteiger partial charge on any atom is -0.335 e. The Kier molecular flexibility index (Phi) is 6.10. The van der Waals surface area contributed by atoms with Crippen molar-refractivity contribution in [2.24, 2.45) is 0 Å². The smallest absolute Gasteiger partial charge is 0.318 e. The number of carbonyl (C=O) groups excluding carboxylic acids is 1. The molecule has 0 atom stereocenters. The van der Waals surface area contributed by atoms with Crippen LogP contribution >= 0.6 is 0 Å². The van der Waals surface area contributed by atoms with E-state index in [0.717, 1.165) is 24.0 Å². The number of hydrogen-bond acceptors (Lipinski definition) is 1. The van der Waals surface area contributed by atoms with E-state index in [1.54, 1.807) is 0 Å². The minimum atomic E-state index is -0.0593. The normalized spacial score (nSPS) is 15.1. The van der Waals surface area contributed by atoms with Gasteiger partial charge in [-0.3, -0.25) is 0 Å². The van der Waals surface area contributed by atoms with Gasteiger partial charge in [-0.1, -0.05) is 79.9 Å². The maximum atomic E-state index is 13.0. The van der Waals surface area contributed by atoms with E-state index in [2.05, 4.69) is 36.5 Å². The van der Waals surface area contributed by atoms with Crippen LogP contribution in [0.1, 0.15) is 56.2 Å². The minimum absolute atomic E-state index is 0.0482. The van der Waals surface area contributed by atoms with Crippen molar-refractivity contribution in [3.63, 3.8) is 0 Å². The zero-order chi connectivity index (χ0) is 17.5. The summed E-state index contributed by atoms with van der Waals surface area (Å²) in [6.07, 6.45) is 5.94. The van der Waals surface area contributed by atoms with Crippen LogP contribution in [0.15, 0.2) is 60.7 Å². The van der Waals surface area contributed by atoms with Gasteiger partial charge < -0.3 is 10.2 Å². The first-order valence-corrected chi connectivity index (χ1v) is 9.46. The third-order valence-electron chi connectivity index (χ3n) is 5.08. The Balaban J connectivity index is 1.86. The average Bonchev–Trinajstić information content (AvgIpc) is 2.68. The number of nitrogens with one attached hydrogen (secondary N) is 1. The van der Waals surface area contributed by atoms with Gasteiger partial charge in [0, 0.05) is 12.6 Å². The van der Waals surface area contributed by atoms with E-state index in [0.29, 0.717) is 12.6 Å². The molecule has 0 bridgehead atoms. The topological polar surface area (TPSA) is 32.3 Å². The highest BCUT2D eigenvalue weighted by Crippen LogP contribution is 2.29. The largest absolute Gasteiger partial charge is 0.335 e. The molecule has 1 fully saturated rings. The van der Waals surface area contributed by atoms with Crippen molar-refractivity contribution >= 4 is 6.03 Å². The molecule has 3 heteroatoms. The lowest BCUT2D eigenvalue weighted by Gasteiger charge is -2.34. The van der Waals surface area contributed by atoms with Gasteiger partial charge in [0.15, 0.2) is 0 Å². The molecule has 0 spiro atoms. The fraction of sp³-hybridized carbons (Fsp3) is 0.409. The molecule has 2 aromatic carbocycles. The number of carbonyl (C=O) groups is 1. The molecule has 25 heavy (non-hydrogen) atoms. The second kappa shape index (κ2) is 8.70. The molecule has 132 valence electrons.